The van der Waals surface area contributed by atoms with Gasteiger partial charge in [-0.25, -0.2) is 13.4 Å². The van der Waals surface area contributed by atoms with E-state index in [2.05, 4.69) is 26.1 Å². The van der Waals surface area contributed by atoms with E-state index in [-0.39, 0.29) is 11.5 Å². The molecule has 2 heterocycles. The van der Waals surface area contributed by atoms with Crippen LogP contribution in [0.25, 0.3) is 11.2 Å². The Kier molecular flexibility index (Phi) is 2.94. The van der Waals surface area contributed by atoms with E-state index in [1.165, 1.54) is 8.16 Å². The molecule has 7 heteroatoms. The van der Waals surface area contributed by atoms with Crippen molar-refractivity contribution in [2.24, 2.45) is 5.92 Å². The van der Waals surface area contributed by atoms with Crippen LogP contribution in [0.1, 0.15) is 19.7 Å². The minimum Gasteiger partial charge on any atom is -0.336 e. The highest BCUT2D eigenvalue weighted by molar-refractivity contribution is 9.08. The number of aromatic amines is 1. The lowest BCUT2D eigenvalue weighted by atomic mass is 10.2. The number of fused-ring (bicyclic) bond motifs is 1. The average molecular weight is 301 g/mol. The van der Waals surface area contributed by atoms with Gasteiger partial charge in [0.15, 0.2) is 11.2 Å². The number of nitrogens with one attached hydrogen (secondary N) is 1. The summed E-state index contributed by atoms with van der Waals surface area (Å²) >= 11 is 3.13. The number of H-pyrrole nitrogens is 1. The first-order valence-electron chi connectivity index (χ1n) is 5.30. The lowest BCUT2D eigenvalue weighted by molar-refractivity contribution is 0.494. The molecule has 2 aromatic rings. The molecule has 0 radical (unpaired) electrons. The first kappa shape index (κ1) is 12.1. The zero-order valence-corrected chi connectivity index (χ0v) is 11.4. The smallest absolute Gasteiger partial charge is 0.336 e. The maximum atomic E-state index is 12.1. The molecule has 6 nitrogen and oxygen atoms in total. The van der Waals surface area contributed by atoms with Crippen LogP contribution in [0, 0.1) is 12.8 Å². The van der Waals surface area contributed by atoms with Crippen LogP contribution in [0.3, 0.4) is 0 Å². The average Bonchev–Trinajstić information content (AvgIpc) is 2.63. The summed E-state index contributed by atoms with van der Waals surface area (Å²) in [5.74, 6) is 0.821. The molecular weight excluding hydrogens is 288 g/mol. The number of imidazole rings is 1. The van der Waals surface area contributed by atoms with Crippen molar-refractivity contribution in [3.05, 3.63) is 26.7 Å². The van der Waals surface area contributed by atoms with Crippen molar-refractivity contribution in [3.8, 4) is 0 Å². The van der Waals surface area contributed by atoms with Gasteiger partial charge < -0.3 is 4.98 Å². The Balaban J connectivity index is 2.86. The van der Waals surface area contributed by atoms with Gasteiger partial charge in [0.1, 0.15) is 5.82 Å². The zero-order chi connectivity index (χ0) is 12.7. The monoisotopic (exact) mass is 300 g/mol. The molecule has 0 amide bonds. The first-order valence-corrected chi connectivity index (χ1v) is 6.01. The van der Waals surface area contributed by atoms with Gasteiger partial charge in [-0.1, -0.05) is 13.8 Å². The molecule has 0 aliphatic rings. The fourth-order valence-corrected chi connectivity index (χ4v) is 2.16. The van der Waals surface area contributed by atoms with Crippen LogP contribution >= 0.6 is 16.1 Å². The molecule has 0 bridgehead atoms. The summed E-state index contributed by atoms with van der Waals surface area (Å²) in [7, 11) is 0. The van der Waals surface area contributed by atoms with E-state index in [4.69, 9.17) is 0 Å². The third-order valence-corrected chi connectivity index (χ3v) is 3.03. The van der Waals surface area contributed by atoms with Crippen LogP contribution in [-0.2, 0) is 6.54 Å². The van der Waals surface area contributed by atoms with Crippen molar-refractivity contribution in [1.29, 1.82) is 0 Å². The second-order valence-corrected chi connectivity index (χ2v) is 5.10. The van der Waals surface area contributed by atoms with Crippen molar-refractivity contribution < 1.29 is 0 Å². The molecule has 0 atom stereocenters. The van der Waals surface area contributed by atoms with E-state index in [1.54, 1.807) is 6.92 Å². The topological polar surface area (TPSA) is 72.7 Å². The molecule has 0 aliphatic heterocycles. The Morgan fingerprint density at radius 3 is 2.65 bits per heavy atom. The van der Waals surface area contributed by atoms with Gasteiger partial charge in [0.25, 0.3) is 5.56 Å². The van der Waals surface area contributed by atoms with Crippen LogP contribution in [0.2, 0.25) is 0 Å². The molecule has 0 aromatic carbocycles. The Morgan fingerprint density at radius 1 is 1.41 bits per heavy atom. The van der Waals surface area contributed by atoms with E-state index in [0.717, 1.165) is 0 Å². The van der Waals surface area contributed by atoms with Crippen LogP contribution in [0.15, 0.2) is 9.59 Å². The minimum atomic E-state index is -0.400. The van der Waals surface area contributed by atoms with E-state index < -0.39 is 5.69 Å². The number of hydrogen-bond acceptors (Lipinski definition) is 3. The normalized spacial score (nSPS) is 11.6. The van der Waals surface area contributed by atoms with Crippen LogP contribution < -0.4 is 11.2 Å². The van der Waals surface area contributed by atoms with Crippen molar-refractivity contribution >= 4 is 27.3 Å². The standard InChI is InChI=1S/C10H13BrN4O2/c1-5(2)4-14-9(16)7-8(13-6(3)12-7)15(11)10(14)17/h5H,4H2,1-3H3,(H,12,13). The van der Waals surface area contributed by atoms with E-state index in [1.807, 2.05) is 13.8 Å². The number of aromatic nitrogens is 4. The van der Waals surface area contributed by atoms with Gasteiger partial charge in [-0.15, -0.1) is 0 Å². The highest BCUT2D eigenvalue weighted by Gasteiger charge is 2.15. The van der Waals surface area contributed by atoms with Gasteiger partial charge in [0.05, 0.1) is 16.1 Å². The van der Waals surface area contributed by atoms with Gasteiger partial charge >= 0.3 is 5.69 Å². The summed E-state index contributed by atoms with van der Waals surface area (Å²) in [5.41, 5.74) is -0.0465. The summed E-state index contributed by atoms with van der Waals surface area (Å²) < 4.78 is 2.43. The first-order chi connectivity index (χ1) is 7.91. The lowest BCUT2D eigenvalue weighted by Crippen LogP contribution is -2.38. The van der Waals surface area contributed by atoms with Crippen molar-refractivity contribution in [3.63, 3.8) is 0 Å². The van der Waals surface area contributed by atoms with E-state index in [0.29, 0.717) is 23.5 Å². The highest BCUT2D eigenvalue weighted by atomic mass is 79.9. The highest BCUT2D eigenvalue weighted by Crippen LogP contribution is 2.07. The van der Waals surface area contributed by atoms with E-state index >= 15 is 0 Å². The molecule has 92 valence electrons. The minimum absolute atomic E-state index is 0.217. The number of aryl methyl sites for hydroxylation is 1. The van der Waals surface area contributed by atoms with Crippen molar-refractivity contribution in [1.82, 2.24) is 18.1 Å². The number of nitrogens with zero attached hydrogens (tertiary/aromatic N) is 3. The molecule has 2 aromatic heterocycles. The van der Waals surface area contributed by atoms with Crippen molar-refractivity contribution in [2.45, 2.75) is 27.3 Å². The number of halogens is 1. The molecule has 0 unspecified atom stereocenters. The molecule has 0 fully saturated rings. The molecular formula is C10H13BrN4O2. The fourth-order valence-electron chi connectivity index (χ4n) is 1.72. The molecule has 2 rings (SSSR count). The molecule has 0 saturated heterocycles. The maximum Gasteiger partial charge on any atom is 0.343 e. The van der Waals surface area contributed by atoms with E-state index in [9.17, 15) is 9.59 Å². The van der Waals surface area contributed by atoms with Gasteiger partial charge in [0, 0.05) is 6.54 Å². The third kappa shape index (κ3) is 1.95. The Labute approximate surface area is 106 Å². The second-order valence-electron chi connectivity index (χ2n) is 4.39. The number of hydrogen-bond donors (Lipinski definition) is 1. The van der Waals surface area contributed by atoms with Crippen LogP contribution in [0.5, 0.6) is 0 Å². The summed E-state index contributed by atoms with van der Waals surface area (Å²) in [6, 6.07) is 0. The fraction of sp³-hybridized carbons (Fsp3) is 0.500. The Bertz CT molecular complexity index is 680. The van der Waals surface area contributed by atoms with Crippen LogP contribution in [-0.4, -0.2) is 18.1 Å². The molecule has 0 saturated carbocycles. The zero-order valence-electron chi connectivity index (χ0n) is 9.82. The van der Waals surface area contributed by atoms with Gasteiger partial charge in [0.2, 0.25) is 0 Å². The number of rotatable bonds is 2. The predicted octanol–water partition coefficient (Wildman–Crippen LogP) is 1.01. The molecule has 17 heavy (non-hydrogen) atoms. The lowest BCUT2D eigenvalue weighted by Gasteiger charge is -2.08. The van der Waals surface area contributed by atoms with Gasteiger partial charge in [-0.3, -0.25) is 9.36 Å². The third-order valence-electron chi connectivity index (χ3n) is 2.39. The molecule has 0 aliphatic carbocycles. The van der Waals surface area contributed by atoms with Gasteiger partial charge in [-0.05, 0) is 12.8 Å². The van der Waals surface area contributed by atoms with Gasteiger partial charge in [-0.2, -0.15) is 0 Å². The summed E-state index contributed by atoms with van der Waals surface area (Å²) in [6.07, 6.45) is 0. The maximum absolute atomic E-state index is 12.1. The SMILES string of the molecule is Cc1nc2c([nH]1)c(=O)n(CC(C)C)c(=O)n2Br. The quantitative estimate of drug-likeness (QED) is 0.899. The summed E-state index contributed by atoms with van der Waals surface area (Å²) in [6.45, 7) is 6.03. The largest absolute Gasteiger partial charge is 0.343 e. The summed E-state index contributed by atoms with van der Waals surface area (Å²) in [5, 5.41) is 0. The predicted molar refractivity (Wildman–Crippen MR) is 68.5 cm³/mol. The second kappa shape index (κ2) is 4.14. The van der Waals surface area contributed by atoms with Crippen molar-refractivity contribution in [2.75, 3.05) is 0 Å². The summed E-state index contributed by atoms with van der Waals surface area (Å²) in [4.78, 5) is 31.1. The Hall–Kier alpha value is -1.37. The van der Waals surface area contributed by atoms with Crippen LogP contribution in [0.4, 0.5) is 0 Å². The Morgan fingerprint density at radius 2 is 2.06 bits per heavy atom. The molecule has 1 N–H and O–H groups in total. The molecule has 0 spiro atoms.